The van der Waals surface area contributed by atoms with Gasteiger partial charge < -0.3 is 11.1 Å². The smallest absolute Gasteiger partial charge is 0.218 e. The Balaban J connectivity index is 2.29. The summed E-state index contributed by atoms with van der Waals surface area (Å²) in [5.74, 6) is 0.524. The van der Waals surface area contributed by atoms with Gasteiger partial charge in [0.15, 0.2) is 0 Å². The minimum atomic E-state index is -0.238. The van der Waals surface area contributed by atoms with Gasteiger partial charge in [0.05, 0.1) is 0 Å². The lowest BCUT2D eigenvalue weighted by Crippen LogP contribution is -2.10. The molecule has 0 spiro atoms. The van der Waals surface area contributed by atoms with Gasteiger partial charge >= 0.3 is 0 Å². The topological polar surface area (TPSA) is 55.1 Å². The number of hydrogen-bond acceptors (Lipinski definition) is 4. The minimum absolute atomic E-state index is 0.238. The van der Waals surface area contributed by atoms with Crippen molar-refractivity contribution in [3.05, 3.63) is 29.8 Å². The first-order valence-electron chi connectivity index (χ1n) is 5.03. The number of nitrogens with one attached hydrogen (secondary N) is 1. The molecule has 0 aliphatic rings. The van der Waals surface area contributed by atoms with E-state index in [0.717, 1.165) is 12.3 Å². The Morgan fingerprint density at radius 3 is 2.62 bits per heavy atom. The van der Waals surface area contributed by atoms with E-state index in [2.05, 4.69) is 29.6 Å². The van der Waals surface area contributed by atoms with Gasteiger partial charge in [0.2, 0.25) is 5.91 Å². The molecule has 0 aliphatic heterocycles. The predicted octanol–water partition coefficient (Wildman–Crippen LogP) is 2.02. The fraction of sp³-hybridized carbons (Fsp3) is 0.364. The molecule has 0 saturated carbocycles. The third-order valence-corrected chi connectivity index (χ3v) is 4.28. The van der Waals surface area contributed by atoms with Crippen LogP contribution >= 0.6 is 21.6 Å². The third kappa shape index (κ3) is 5.44. The van der Waals surface area contributed by atoms with Gasteiger partial charge in [0.1, 0.15) is 0 Å². The molecule has 88 valence electrons. The predicted molar refractivity (Wildman–Crippen MR) is 71.3 cm³/mol. The third-order valence-electron chi connectivity index (χ3n) is 1.89. The molecular weight excluding hydrogens is 240 g/mol. The van der Waals surface area contributed by atoms with Crippen LogP contribution in [0.3, 0.4) is 0 Å². The van der Waals surface area contributed by atoms with Gasteiger partial charge in [-0.2, -0.15) is 0 Å². The van der Waals surface area contributed by atoms with Gasteiger partial charge in [-0.1, -0.05) is 33.7 Å². The Morgan fingerprint density at radius 1 is 1.38 bits per heavy atom. The fourth-order valence-electron chi connectivity index (χ4n) is 1.12. The summed E-state index contributed by atoms with van der Waals surface area (Å²) >= 11 is 0. The van der Waals surface area contributed by atoms with Crippen molar-refractivity contribution in [3.63, 3.8) is 0 Å². The van der Waals surface area contributed by atoms with Crippen LogP contribution in [0.1, 0.15) is 12.0 Å². The highest BCUT2D eigenvalue weighted by atomic mass is 33.1. The van der Waals surface area contributed by atoms with Crippen LogP contribution in [0.5, 0.6) is 0 Å². The second kappa shape index (κ2) is 7.60. The molecule has 0 saturated heterocycles. The summed E-state index contributed by atoms with van der Waals surface area (Å²) in [4.78, 5) is 11.7. The van der Waals surface area contributed by atoms with Gasteiger partial charge in [-0.15, -0.1) is 0 Å². The van der Waals surface area contributed by atoms with Crippen molar-refractivity contribution in [2.45, 2.75) is 17.9 Å². The molecule has 0 atom stereocenters. The Bertz CT molecular complexity index is 327. The van der Waals surface area contributed by atoms with Crippen LogP contribution in [-0.4, -0.2) is 18.7 Å². The zero-order valence-corrected chi connectivity index (χ0v) is 10.9. The van der Waals surface area contributed by atoms with Crippen LogP contribution in [0.15, 0.2) is 29.2 Å². The van der Waals surface area contributed by atoms with Crippen molar-refractivity contribution < 1.29 is 4.79 Å². The molecule has 0 aromatic heterocycles. The van der Waals surface area contributed by atoms with Crippen molar-refractivity contribution in [2.24, 2.45) is 5.73 Å². The van der Waals surface area contributed by atoms with Crippen molar-refractivity contribution in [1.82, 2.24) is 5.32 Å². The average Bonchev–Trinajstić information content (AvgIpc) is 2.27. The first kappa shape index (κ1) is 13.4. The Hall–Kier alpha value is -0.650. The van der Waals surface area contributed by atoms with Crippen LogP contribution in [0.2, 0.25) is 0 Å². The van der Waals surface area contributed by atoms with E-state index in [1.807, 2.05) is 7.05 Å². The second-order valence-electron chi connectivity index (χ2n) is 3.30. The number of hydrogen-bond donors (Lipinski definition) is 2. The summed E-state index contributed by atoms with van der Waals surface area (Å²) in [5.41, 5.74) is 6.33. The maximum Gasteiger partial charge on any atom is 0.218 e. The molecule has 16 heavy (non-hydrogen) atoms. The van der Waals surface area contributed by atoms with Gasteiger partial charge in [0.25, 0.3) is 0 Å². The number of carbonyl (C=O) groups excluding carboxylic acids is 1. The van der Waals surface area contributed by atoms with E-state index in [1.54, 1.807) is 21.6 Å². The molecule has 1 amide bonds. The number of carbonyl (C=O) groups is 1. The second-order valence-corrected chi connectivity index (χ2v) is 5.79. The van der Waals surface area contributed by atoms with Crippen LogP contribution in [-0.2, 0) is 11.3 Å². The van der Waals surface area contributed by atoms with E-state index in [1.165, 1.54) is 10.5 Å². The lowest BCUT2D eigenvalue weighted by Gasteiger charge is -2.02. The van der Waals surface area contributed by atoms with E-state index >= 15 is 0 Å². The molecule has 0 bridgehead atoms. The van der Waals surface area contributed by atoms with E-state index in [0.29, 0.717) is 6.42 Å². The summed E-state index contributed by atoms with van der Waals surface area (Å²) in [6, 6.07) is 8.39. The van der Waals surface area contributed by atoms with E-state index in [-0.39, 0.29) is 5.91 Å². The SMILES string of the molecule is CNCc1ccc(SSCCC(N)=O)cc1. The summed E-state index contributed by atoms with van der Waals surface area (Å²) in [7, 11) is 5.26. The van der Waals surface area contributed by atoms with Crippen molar-refractivity contribution in [1.29, 1.82) is 0 Å². The summed E-state index contributed by atoms with van der Waals surface area (Å²) < 4.78 is 0. The Morgan fingerprint density at radius 2 is 2.06 bits per heavy atom. The number of rotatable bonds is 7. The van der Waals surface area contributed by atoms with Crippen molar-refractivity contribution in [2.75, 3.05) is 12.8 Å². The molecule has 5 heteroatoms. The zero-order chi connectivity index (χ0) is 11.8. The molecule has 1 aromatic carbocycles. The maximum atomic E-state index is 10.5. The van der Waals surface area contributed by atoms with Gasteiger partial charge in [-0.3, -0.25) is 4.79 Å². The first-order valence-corrected chi connectivity index (χ1v) is 7.35. The molecule has 1 rings (SSSR count). The lowest BCUT2D eigenvalue weighted by atomic mass is 10.2. The van der Waals surface area contributed by atoms with Crippen molar-refractivity contribution in [3.8, 4) is 0 Å². The molecule has 3 N–H and O–H groups in total. The summed E-state index contributed by atoms with van der Waals surface area (Å²) in [6.07, 6.45) is 0.440. The molecule has 0 unspecified atom stereocenters. The maximum absolute atomic E-state index is 10.5. The molecule has 0 aliphatic carbocycles. The summed E-state index contributed by atoms with van der Waals surface area (Å²) in [5, 5.41) is 3.10. The zero-order valence-electron chi connectivity index (χ0n) is 9.23. The first-order chi connectivity index (χ1) is 7.72. The fourth-order valence-corrected chi connectivity index (χ4v) is 3.11. The Kier molecular flexibility index (Phi) is 6.37. The quantitative estimate of drug-likeness (QED) is 0.579. The highest BCUT2D eigenvalue weighted by Crippen LogP contribution is 2.31. The number of primary amides is 1. The van der Waals surface area contributed by atoms with Crippen molar-refractivity contribution >= 4 is 27.5 Å². The minimum Gasteiger partial charge on any atom is -0.370 e. The standard InChI is InChI=1S/C11H16N2OS2/c1-13-8-9-2-4-10(5-3-9)16-15-7-6-11(12)14/h2-5,13H,6-8H2,1H3,(H2,12,14). The lowest BCUT2D eigenvalue weighted by molar-refractivity contribution is -0.117. The highest BCUT2D eigenvalue weighted by Gasteiger charge is 1.98. The molecule has 0 fully saturated rings. The Labute approximate surface area is 104 Å². The van der Waals surface area contributed by atoms with Crippen LogP contribution in [0.4, 0.5) is 0 Å². The molecular formula is C11H16N2OS2. The summed E-state index contributed by atoms with van der Waals surface area (Å²) in [6.45, 7) is 0.889. The molecule has 0 heterocycles. The number of benzene rings is 1. The van der Waals surface area contributed by atoms with Gasteiger partial charge in [-0.25, -0.2) is 0 Å². The largest absolute Gasteiger partial charge is 0.370 e. The highest BCUT2D eigenvalue weighted by molar-refractivity contribution is 8.76. The average molecular weight is 256 g/mol. The number of nitrogens with two attached hydrogens (primary N) is 1. The van der Waals surface area contributed by atoms with Gasteiger partial charge in [0, 0.05) is 23.6 Å². The van der Waals surface area contributed by atoms with Crippen LogP contribution in [0, 0.1) is 0 Å². The normalized spacial score (nSPS) is 10.3. The van der Waals surface area contributed by atoms with Crippen LogP contribution < -0.4 is 11.1 Å². The molecule has 3 nitrogen and oxygen atoms in total. The van der Waals surface area contributed by atoms with Gasteiger partial charge in [-0.05, 0) is 24.7 Å². The molecule has 0 radical (unpaired) electrons. The van der Waals surface area contributed by atoms with E-state index < -0.39 is 0 Å². The molecule has 1 aromatic rings. The number of amides is 1. The van der Waals surface area contributed by atoms with E-state index in [4.69, 9.17) is 5.73 Å². The van der Waals surface area contributed by atoms with E-state index in [9.17, 15) is 4.79 Å². The van der Waals surface area contributed by atoms with Crippen LogP contribution in [0.25, 0.3) is 0 Å². The monoisotopic (exact) mass is 256 g/mol.